The minimum Gasteiger partial charge on any atom is -0.339 e. The number of likely N-dealkylation sites (tertiary alicyclic amines) is 1. The summed E-state index contributed by atoms with van der Waals surface area (Å²) < 4.78 is 0.776. The van der Waals surface area contributed by atoms with Crippen LogP contribution in [0.1, 0.15) is 36.5 Å². The molecule has 5 heteroatoms. The third-order valence-electron chi connectivity index (χ3n) is 3.34. The second kappa shape index (κ2) is 6.02. The smallest absolute Gasteiger partial charge is 0.257 e. The van der Waals surface area contributed by atoms with Crippen LogP contribution in [0.2, 0.25) is 5.15 Å². The van der Waals surface area contributed by atoms with E-state index in [4.69, 9.17) is 11.6 Å². The van der Waals surface area contributed by atoms with Gasteiger partial charge in [-0.25, -0.2) is 4.98 Å². The zero-order valence-electron chi connectivity index (χ0n) is 10.3. The second-order valence-electron chi connectivity index (χ2n) is 4.82. The van der Waals surface area contributed by atoms with Gasteiger partial charge in [-0.1, -0.05) is 18.5 Å². The third-order valence-corrected chi connectivity index (χ3v) is 4.07. The molecule has 1 aromatic rings. The Balaban J connectivity index is 2.17. The van der Waals surface area contributed by atoms with Crippen LogP contribution in [0.3, 0.4) is 0 Å². The molecule has 1 aliphatic rings. The molecule has 1 amide bonds. The van der Waals surface area contributed by atoms with Crippen LogP contribution in [0.15, 0.2) is 16.7 Å². The van der Waals surface area contributed by atoms with E-state index < -0.39 is 0 Å². The van der Waals surface area contributed by atoms with E-state index in [9.17, 15) is 4.79 Å². The van der Waals surface area contributed by atoms with Gasteiger partial charge < -0.3 is 4.90 Å². The summed E-state index contributed by atoms with van der Waals surface area (Å²) in [7, 11) is 0. The van der Waals surface area contributed by atoms with E-state index in [1.807, 2.05) is 4.90 Å². The summed E-state index contributed by atoms with van der Waals surface area (Å²) in [6, 6.07) is 1.74. The predicted octanol–water partition coefficient (Wildman–Crippen LogP) is 3.76. The van der Waals surface area contributed by atoms with Crippen molar-refractivity contribution in [3.05, 3.63) is 27.5 Å². The molecular formula is C13H16BrClN2O. The molecule has 1 aliphatic heterocycles. The number of amides is 1. The molecule has 18 heavy (non-hydrogen) atoms. The number of nitrogens with zero attached hydrogens (tertiary/aromatic N) is 2. The molecule has 0 bridgehead atoms. The zero-order valence-corrected chi connectivity index (χ0v) is 12.7. The van der Waals surface area contributed by atoms with Crippen LogP contribution in [0.5, 0.6) is 0 Å². The summed E-state index contributed by atoms with van der Waals surface area (Å²) in [6.45, 7) is 3.86. The van der Waals surface area contributed by atoms with Crippen molar-refractivity contribution >= 4 is 33.4 Å². The third kappa shape index (κ3) is 3.23. The van der Waals surface area contributed by atoms with E-state index in [-0.39, 0.29) is 11.1 Å². The lowest BCUT2D eigenvalue weighted by Gasteiger charge is -2.20. The van der Waals surface area contributed by atoms with Crippen LogP contribution in [0, 0.1) is 5.92 Å². The van der Waals surface area contributed by atoms with Crippen molar-refractivity contribution in [3.8, 4) is 0 Å². The van der Waals surface area contributed by atoms with E-state index in [1.165, 1.54) is 6.42 Å². The van der Waals surface area contributed by atoms with Crippen molar-refractivity contribution in [1.29, 1.82) is 0 Å². The first-order valence-corrected chi connectivity index (χ1v) is 7.35. The van der Waals surface area contributed by atoms with Crippen LogP contribution in [-0.2, 0) is 0 Å². The molecule has 1 fully saturated rings. The Kier molecular flexibility index (Phi) is 4.62. The van der Waals surface area contributed by atoms with E-state index in [1.54, 1.807) is 12.3 Å². The second-order valence-corrected chi connectivity index (χ2v) is 6.09. The van der Waals surface area contributed by atoms with Gasteiger partial charge in [-0.2, -0.15) is 0 Å². The fourth-order valence-electron chi connectivity index (χ4n) is 2.21. The van der Waals surface area contributed by atoms with E-state index in [0.29, 0.717) is 11.5 Å². The summed E-state index contributed by atoms with van der Waals surface area (Å²) in [5.41, 5.74) is 0.487. The number of carbonyl (C=O) groups is 1. The standard InChI is InChI=1S/C13H16BrClN2O/c1-9-3-2-5-17(6-4-9)13(18)11-7-10(14)8-16-12(11)15/h7-9H,2-6H2,1H3. The zero-order chi connectivity index (χ0) is 13.1. The lowest BCUT2D eigenvalue weighted by molar-refractivity contribution is 0.0760. The highest BCUT2D eigenvalue weighted by Crippen LogP contribution is 2.22. The molecular weight excluding hydrogens is 316 g/mol. The minimum absolute atomic E-state index is 0.0112. The minimum atomic E-state index is -0.0112. The Labute approximate surface area is 121 Å². The van der Waals surface area contributed by atoms with Gasteiger partial charge in [0.25, 0.3) is 5.91 Å². The van der Waals surface area contributed by atoms with E-state index in [0.717, 1.165) is 30.4 Å². The molecule has 0 radical (unpaired) electrons. The summed E-state index contributed by atoms with van der Waals surface area (Å²) >= 11 is 9.32. The number of carbonyl (C=O) groups excluding carboxylic acids is 1. The molecule has 0 aliphatic carbocycles. The van der Waals surface area contributed by atoms with Crippen molar-refractivity contribution in [3.63, 3.8) is 0 Å². The highest BCUT2D eigenvalue weighted by atomic mass is 79.9. The van der Waals surface area contributed by atoms with Crippen molar-refractivity contribution in [1.82, 2.24) is 9.88 Å². The van der Waals surface area contributed by atoms with Crippen LogP contribution in [0.25, 0.3) is 0 Å². The molecule has 0 spiro atoms. The Morgan fingerprint density at radius 2 is 2.28 bits per heavy atom. The molecule has 1 unspecified atom stereocenters. The number of hydrogen-bond acceptors (Lipinski definition) is 2. The molecule has 98 valence electrons. The average molecular weight is 332 g/mol. The van der Waals surface area contributed by atoms with Gasteiger partial charge in [-0.15, -0.1) is 0 Å². The van der Waals surface area contributed by atoms with Gasteiger partial charge >= 0.3 is 0 Å². The van der Waals surface area contributed by atoms with Crippen LogP contribution < -0.4 is 0 Å². The van der Waals surface area contributed by atoms with Gasteiger partial charge in [0.05, 0.1) is 5.56 Å². The Morgan fingerprint density at radius 1 is 1.50 bits per heavy atom. The van der Waals surface area contributed by atoms with Crippen LogP contribution in [0.4, 0.5) is 0 Å². The normalized spacial score (nSPS) is 20.6. The molecule has 1 aromatic heterocycles. The molecule has 0 aromatic carbocycles. The lowest BCUT2D eigenvalue weighted by Crippen LogP contribution is -2.32. The molecule has 0 saturated carbocycles. The molecule has 2 heterocycles. The highest BCUT2D eigenvalue weighted by molar-refractivity contribution is 9.10. The van der Waals surface area contributed by atoms with E-state index in [2.05, 4.69) is 27.8 Å². The van der Waals surface area contributed by atoms with Crippen LogP contribution >= 0.6 is 27.5 Å². The van der Waals surface area contributed by atoms with Gasteiger partial charge in [0.1, 0.15) is 5.15 Å². The number of halogens is 2. The quantitative estimate of drug-likeness (QED) is 0.734. The van der Waals surface area contributed by atoms with Crippen molar-refractivity contribution < 1.29 is 4.79 Å². The Morgan fingerprint density at radius 3 is 3.06 bits per heavy atom. The number of rotatable bonds is 1. The van der Waals surface area contributed by atoms with Crippen LogP contribution in [-0.4, -0.2) is 28.9 Å². The maximum absolute atomic E-state index is 12.4. The Hall–Kier alpha value is -0.610. The summed E-state index contributed by atoms with van der Waals surface area (Å²) in [5, 5.41) is 0.278. The van der Waals surface area contributed by atoms with Gasteiger partial charge in [0.2, 0.25) is 0 Å². The van der Waals surface area contributed by atoms with Crippen molar-refractivity contribution in [2.24, 2.45) is 5.92 Å². The first kappa shape index (κ1) is 13.8. The topological polar surface area (TPSA) is 33.2 Å². The summed E-state index contributed by atoms with van der Waals surface area (Å²) in [5.74, 6) is 0.682. The predicted molar refractivity (Wildman–Crippen MR) is 75.9 cm³/mol. The fourth-order valence-corrected chi connectivity index (χ4v) is 2.72. The van der Waals surface area contributed by atoms with Crippen molar-refractivity contribution in [2.45, 2.75) is 26.2 Å². The monoisotopic (exact) mass is 330 g/mol. The number of pyridine rings is 1. The molecule has 0 N–H and O–H groups in total. The van der Waals surface area contributed by atoms with Gasteiger partial charge in [0.15, 0.2) is 0 Å². The fraction of sp³-hybridized carbons (Fsp3) is 0.538. The average Bonchev–Trinajstić information content (AvgIpc) is 2.56. The molecule has 1 saturated heterocycles. The maximum Gasteiger partial charge on any atom is 0.257 e. The van der Waals surface area contributed by atoms with Gasteiger partial charge in [0, 0.05) is 23.8 Å². The number of hydrogen-bond donors (Lipinski definition) is 0. The lowest BCUT2D eigenvalue weighted by atomic mass is 10.0. The first-order chi connectivity index (χ1) is 8.58. The van der Waals surface area contributed by atoms with Gasteiger partial charge in [-0.3, -0.25) is 4.79 Å². The Bertz CT molecular complexity index is 453. The SMILES string of the molecule is CC1CCCN(C(=O)c2cc(Br)cnc2Cl)CC1. The van der Waals surface area contributed by atoms with Gasteiger partial charge in [-0.05, 0) is 47.2 Å². The highest BCUT2D eigenvalue weighted by Gasteiger charge is 2.22. The summed E-state index contributed by atoms with van der Waals surface area (Å²) in [6.07, 6.45) is 4.91. The molecule has 2 rings (SSSR count). The number of aromatic nitrogens is 1. The van der Waals surface area contributed by atoms with E-state index >= 15 is 0 Å². The maximum atomic E-state index is 12.4. The largest absolute Gasteiger partial charge is 0.339 e. The first-order valence-electron chi connectivity index (χ1n) is 6.18. The van der Waals surface area contributed by atoms with Crippen molar-refractivity contribution in [2.75, 3.05) is 13.1 Å². The molecule has 3 nitrogen and oxygen atoms in total. The molecule has 1 atom stereocenters. The summed E-state index contributed by atoms with van der Waals surface area (Å²) in [4.78, 5) is 18.3.